The van der Waals surface area contributed by atoms with Crippen LogP contribution in [0.2, 0.25) is 0 Å². The van der Waals surface area contributed by atoms with Crippen molar-refractivity contribution in [3.05, 3.63) is 0 Å². The van der Waals surface area contributed by atoms with Gasteiger partial charge in [0.15, 0.2) is 0 Å². The quantitative estimate of drug-likeness (QED) is 0.0874. The summed E-state index contributed by atoms with van der Waals surface area (Å²) in [5.41, 5.74) is 18.1. The van der Waals surface area contributed by atoms with Crippen molar-refractivity contribution in [1.29, 1.82) is 0 Å². The molecule has 0 radical (unpaired) electrons. The first-order valence-electron chi connectivity index (χ1n) is 21.9. The number of fused-ring (bicyclic) bond motifs is 5. The third kappa shape index (κ3) is 10.5. The molecule has 0 heterocycles. The van der Waals surface area contributed by atoms with Crippen LogP contribution in [0.15, 0.2) is 0 Å². The summed E-state index contributed by atoms with van der Waals surface area (Å²) in [7, 11) is 0. The molecule has 0 aromatic carbocycles. The Morgan fingerprint density at radius 1 is 0.765 bits per heavy atom. The molecule has 4 aliphatic carbocycles. The van der Waals surface area contributed by atoms with Gasteiger partial charge < -0.3 is 36.3 Å². The molecule has 1 amide bonds. The van der Waals surface area contributed by atoms with E-state index in [0.29, 0.717) is 73.6 Å². The average Bonchev–Trinajstić information content (AvgIpc) is 3.48. The van der Waals surface area contributed by atoms with Gasteiger partial charge in [-0.25, -0.2) is 0 Å². The van der Waals surface area contributed by atoms with Gasteiger partial charge in [-0.2, -0.15) is 0 Å². The number of nitrogens with two attached hydrogens (primary N) is 3. The van der Waals surface area contributed by atoms with E-state index in [-0.39, 0.29) is 23.0 Å². The highest BCUT2D eigenvalue weighted by atomic mass is 16.5. The van der Waals surface area contributed by atoms with Gasteiger partial charge in [-0.3, -0.25) is 4.79 Å². The van der Waals surface area contributed by atoms with E-state index in [1.165, 1.54) is 44.9 Å². The van der Waals surface area contributed by atoms with Gasteiger partial charge in [0.25, 0.3) is 0 Å². The number of hydrogen-bond donors (Lipinski definition) is 3. The number of amides is 1. The first-order valence-corrected chi connectivity index (χ1v) is 21.9. The second-order valence-electron chi connectivity index (χ2n) is 17.8. The Morgan fingerprint density at radius 2 is 1.39 bits per heavy atom. The van der Waals surface area contributed by atoms with Gasteiger partial charge in [0, 0.05) is 44.7 Å². The van der Waals surface area contributed by atoms with Crippen LogP contribution in [-0.2, 0) is 19.0 Å². The molecule has 0 saturated heterocycles. The molecule has 0 spiro atoms. The third-order valence-electron chi connectivity index (χ3n) is 14.7. The van der Waals surface area contributed by atoms with Crippen molar-refractivity contribution < 1.29 is 19.0 Å². The zero-order valence-electron chi connectivity index (χ0n) is 33.9. The number of hydrogen-bond acceptors (Lipinski definition) is 7. The fourth-order valence-corrected chi connectivity index (χ4v) is 11.8. The van der Waals surface area contributed by atoms with E-state index in [2.05, 4.69) is 39.5 Å². The van der Waals surface area contributed by atoms with Crippen LogP contribution in [-0.4, -0.2) is 81.7 Å². The molecule has 298 valence electrons. The Hall–Kier alpha value is -0.770. The normalized spacial score (nSPS) is 35.2. The summed E-state index contributed by atoms with van der Waals surface area (Å²) >= 11 is 0. The lowest BCUT2D eigenvalue weighted by Gasteiger charge is -2.65. The van der Waals surface area contributed by atoms with Gasteiger partial charge in [0.1, 0.15) is 0 Å². The number of carbonyl (C=O) groups excluding carboxylic acids is 1. The van der Waals surface area contributed by atoms with Gasteiger partial charge >= 0.3 is 0 Å². The van der Waals surface area contributed by atoms with Crippen molar-refractivity contribution in [2.45, 2.75) is 169 Å². The lowest BCUT2D eigenvalue weighted by atomic mass is 9.43. The van der Waals surface area contributed by atoms with Crippen LogP contribution < -0.4 is 17.2 Å². The number of rotatable bonds is 24. The summed E-state index contributed by atoms with van der Waals surface area (Å²) in [6.07, 6.45) is 20.4. The highest BCUT2D eigenvalue weighted by Crippen LogP contribution is 2.69. The van der Waals surface area contributed by atoms with Crippen LogP contribution in [0, 0.1) is 46.3 Å². The van der Waals surface area contributed by atoms with E-state index < -0.39 is 0 Å². The summed E-state index contributed by atoms with van der Waals surface area (Å²) in [5.74, 6) is 3.63. The van der Waals surface area contributed by atoms with Crippen LogP contribution in [0.5, 0.6) is 0 Å². The summed E-state index contributed by atoms with van der Waals surface area (Å²) in [6.45, 7) is 18.3. The van der Waals surface area contributed by atoms with Crippen LogP contribution in [0.1, 0.15) is 150 Å². The Labute approximate surface area is 313 Å². The zero-order chi connectivity index (χ0) is 36.9. The molecule has 4 saturated carbocycles. The summed E-state index contributed by atoms with van der Waals surface area (Å²) in [5, 5.41) is 0. The van der Waals surface area contributed by atoms with E-state index in [9.17, 15) is 4.79 Å². The Bertz CT molecular complexity index is 991. The number of unbranched alkanes of at least 4 members (excludes halogenated alkanes) is 4. The minimum atomic E-state index is 0.0569. The molecule has 0 aliphatic heterocycles. The van der Waals surface area contributed by atoms with Gasteiger partial charge in [0.05, 0.1) is 18.3 Å². The monoisotopic (exact) mass is 719 g/mol. The fourth-order valence-electron chi connectivity index (χ4n) is 11.8. The predicted octanol–water partition coefficient (Wildman–Crippen LogP) is 7.69. The van der Waals surface area contributed by atoms with E-state index in [1.807, 2.05) is 0 Å². The molecule has 0 aromatic rings. The van der Waals surface area contributed by atoms with E-state index in [4.69, 9.17) is 31.4 Å². The van der Waals surface area contributed by atoms with Crippen molar-refractivity contribution in [3.63, 3.8) is 0 Å². The van der Waals surface area contributed by atoms with Gasteiger partial charge in [0.2, 0.25) is 5.91 Å². The maximum absolute atomic E-state index is 13.7. The molecule has 8 nitrogen and oxygen atoms in total. The second kappa shape index (κ2) is 21.4. The van der Waals surface area contributed by atoms with Crippen molar-refractivity contribution in [3.8, 4) is 0 Å². The molecule has 4 rings (SSSR count). The predicted molar refractivity (Wildman–Crippen MR) is 210 cm³/mol. The molecular formula is C43H82N4O4. The minimum Gasteiger partial charge on any atom is -0.378 e. The number of ether oxygens (including phenoxy) is 3. The molecular weight excluding hydrogens is 636 g/mol. The largest absolute Gasteiger partial charge is 0.378 e. The first kappa shape index (κ1) is 43.0. The highest BCUT2D eigenvalue weighted by molar-refractivity contribution is 5.76. The Kier molecular flexibility index (Phi) is 18.0. The molecule has 51 heavy (non-hydrogen) atoms. The first-order chi connectivity index (χ1) is 24.7. The molecule has 11 atom stereocenters. The van der Waals surface area contributed by atoms with Crippen molar-refractivity contribution in [2.24, 2.45) is 63.5 Å². The summed E-state index contributed by atoms with van der Waals surface area (Å²) < 4.78 is 20.4. The fraction of sp³-hybridized carbons (Fsp3) is 0.977. The molecule has 4 aliphatic rings. The van der Waals surface area contributed by atoms with Crippen molar-refractivity contribution in [2.75, 3.05) is 52.5 Å². The molecule has 0 aromatic heterocycles. The van der Waals surface area contributed by atoms with Crippen LogP contribution in [0.3, 0.4) is 0 Å². The van der Waals surface area contributed by atoms with Crippen LogP contribution >= 0.6 is 0 Å². The zero-order valence-corrected chi connectivity index (χ0v) is 33.9. The lowest BCUT2D eigenvalue weighted by Crippen LogP contribution is -2.63. The molecule has 3 unspecified atom stereocenters. The van der Waals surface area contributed by atoms with Crippen molar-refractivity contribution in [1.82, 2.24) is 4.90 Å². The van der Waals surface area contributed by atoms with Crippen LogP contribution in [0.4, 0.5) is 0 Å². The Balaban J connectivity index is 1.56. The minimum absolute atomic E-state index is 0.0569. The highest BCUT2D eigenvalue weighted by Gasteiger charge is 2.66. The molecule has 8 heteroatoms. The van der Waals surface area contributed by atoms with Crippen LogP contribution in [0.25, 0.3) is 0 Å². The van der Waals surface area contributed by atoms with Crippen molar-refractivity contribution >= 4 is 5.91 Å². The van der Waals surface area contributed by atoms with E-state index in [1.54, 1.807) is 0 Å². The molecule has 6 N–H and O–H groups in total. The molecule has 0 bridgehead atoms. The third-order valence-corrected chi connectivity index (χ3v) is 14.7. The van der Waals surface area contributed by atoms with E-state index in [0.717, 1.165) is 97.1 Å². The average molecular weight is 719 g/mol. The number of nitrogens with zero attached hydrogens (tertiary/aromatic N) is 1. The maximum atomic E-state index is 13.7. The summed E-state index contributed by atoms with van der Waals surface area (Å²) in [4.78, 5) is 15.9. The molecule has 4 fully saturated rings. The van der Waals surface area contributed by atoms with Gasteiger partial charge in [-0.05, 0) is 144 Å². The second-order valence-corrected chi connectivity index (χ2v) is 17.8. The number of carbonyl (C=O) groups is 1. The van der Waals surface area contributed by atoms with E-state index >= 15 is 0 Å². The van der Waals surface area contributed by atoms with Gasteiger partial charge in [-0.1, -0.05) is 60.3 Å². The standard InChI is InChI=1S/C43H82N4O4/c1-6-8-10-24-47(25-11-9-7-2)40(48)18-15-32(3)35-16-17-36-41-37(31-39(43(35,36)5)51-28-14-23-46)42(4)20-19-34(49-26-12-21-44)29-33(42)30-38(41)50-27-13-22-45/h32-39,41H,6-31,44-46H2,1-5H3/t32-,33?,34-,35-,36+,37+,38?,39+,41?,42+,43-/m1/s1. The SMILES string of the molecule is CCCCCN(CCCCC)C(=O)CC[C@@H](C)[C@H]1CC[C@H]2C3C(OCCCN)CC4C[C@H](OCCCN)CC[C@]4(C)[C@H]3C[C@H](OCCCN)[C@]12C. The lowest BCUT2D eigenvalue weighted by molar-refractivity contribution is -0.227. The Morgan fingerprint density at radius 3 is 2.02 bits per heavy atom. The topological polar surface area (TPSA) is 126 Å². The smallest absolute Gasteiger partial charge is 0.222 e. The maximum Gasteiger partial charge on any atom is 0.222 e. The van der Waals surface area contributed by atoms with Gasteiger partial charge in [-0.15, -0.1) is 0 Å². The summed E-state index contributed by atoms with van der Waals surface area (Å²) in [6, 6.07) is 0.